The van der Waals surface area contributed by atoms with Gasteiger partial charge in [-0.3, -0.25) is 10.1 Å². The average Bonchev–Trinajstić information content (AvgIpc) is 2.02. The highest BCUT2D eigenvalue weighted by molar-refractivity contribution is 5.53. The van der Waals surface area contributed by atoms with Crippen LogP contribution >= 0.6 is 0 Å². The first-order valence-corrected chi connectivity index (χ1v) is 3.98. The summed E-state index contributed by atoms with van der Waals surface area (Å²) in [4.78, 5) is 9.61. The minimum atomic E-state index is -0.459. The molecular formula is C10H11NO2. The van der Waals surface area contributed by atoms with Crippen LogP contribution in [0, 0.1) is 24.0 Å². The van der Waals surface area contributed by atoms with E-state index in [0.717, 1.165) is 22.9 Å². The van der Waals surface area contributed by atoms with Crippen LogP contribution in [0.5, 0.6) is 0 Å². The van der Waals surface area contributed by atoms with Crippen molar-refractivity contribution in [1.29, 1.82) is 0 Å². The van der Waals surface area contributed by atoms with Gasteiger partial charge in [0.15, 0.2) is 0 Å². The molecule has 0 saturated heterocycles. The molecule has 0 fully saturated rings. The van der Waals surface area contributed by atoms with Crippen LogP contribution in [-0.2, 0) is 0 Å². The van der Waals surface area contributed by atoms with Crippen LogP contribution < -0.4 is 0 Å². The summed E-state index contributed by atoms with van der Waals surface area (Å²) in [6.07, 6.45) is 2.46. The van der Waals surface area contributed by atoms with Gasteiger partial charge in [0, 0.05) is 6.08 Å². The predicted octanol–water partition coefficient (Wildman–Crippen LogP) is 2.55. The van der Waals surface area contributed by atoms with Crippen LogP contribution in [0.15, 0.2) is 24.4 Å². The van der Waals surface area contributed by atoms with Crippen molar-refractivity contribution in [2.45, 2.75) is 13.8 Å². The molecule has 0 N–H and O–H groups in total. The molecule has 0 saturated carbocycles. The molecule has 0 spiro atoms. The number of rotatable bonds is 2. The first-order chi connectivity index (χ1) is 6.09. The molecule has 0 heterocycles. The summed E-state index contributed by atoms with van der Waals surface area (Å²) in [5, 5.41) is 10.1. The van der Waals surface area contributed by atoms with E-state index in [1.807, 2.05) is 32.0 Å². The van der Waals surface area contributed by atoms with Crippen LogP contribution in [-0.4, -0.2) is 4.92 Å². The Balaban J connectivity index is 2.96. The smallest absolute Gasteiger partial charge is 0.235 e. The third kappa shape index (κ3) is 2.71. The lowest BCUT2D eigenvalue weighted by Gasteiger charge is -1.99. The van der Waals surface area contributed by atoms with E-state index in [1.165, 1.54) is 6.08 Å². The van der Waals surface area contributed by atoms with E-state index in [-0.39, 0.29) is 0 Å². The Bertz CT molecular complexity index is 356. The van der Waals surface area contributed by atoms with Crippen molar-refractivity contribution in [3.05, 3.63) is 51.2 Å². The van der Waals surface area contributed by atoms with Gasteiger partial charge < -0.3 is 0 Å². The molecule has 0 radical (unpaired) electrons. The van der Waals surface area contributed by atoms with Gasteiger partial charge >= 0.3 is 0 Å². The number of hydrogen-bond acceptors (Lipinski definition) is 2. The maximum absolute atomic E-state index is 10.1. The number of aryl methyl sites for hydroxylation is 2. The molecule has 0 amide bonds. The van der Waals surface area contributed by atoms with Gasteiger partial charge in [-0.1, -0.05) is 23.8 Å². The number of hydrogen-bond donors (Lipinski definition) is 0. The second-order valence-electron chi connectivity index (χ2n) is 2.96. The van der Waals surface area contributed by atoms with Gasteiger partial charge in [-0.05, 0) is 25.0 Å². The Labute approximate surface area is 76.9 Å². The van der Waals surface area contributed by atoms with Crippen LogP contribution in [0.25, 0.3) is 6.08 Å². The van der Waals surface area contributed by atoms with E-state index in [9.17, 15) is 10.1 Å². The van der Waals surface area contributed by atoms with Crippen LogP contribution in [0.1, 0.15) is 16.7 Å². The van der Waals surface area contributed by atoms with Gasteiger partial charge in [-0.15, -0.1) is 0 Å². The molecule has 3 nitrogen and oxygen atoms in total. The Morgan fingerprint density at radius 1 is 1.38 bits per heavy atom. The molecule has 13 heavy (non-hydrogen) atoms. The number of nitrogens with zero attached hydrogens (tertiary/aromatic N) is 1. The zero-order chi connectivity index (χ0) is 9.84. The monoisotopic (exact) mass is 177 g/mol. The highest BCUT2D eigenvalue weighted by Crippen LogP contribution is 2.11. The van der Waals surface area contributed by atoms with Crippen molar-refractivity contribution in [2.24, 2.45) is 0 Å². The summed E-state index contributed by atoms with van der Waals surface area (Å²) in [6.45, 7) is 3.93. The fourth-order valence-electron chi connectivity index (χ4n) is 1.15. The third-order valence-corrected chi connectivity index (χ3v) is 1.80. The van der Waals surface area contributed by atoms with Crippen molar-refractivity contribution in [1.82, 2.24) is 0 Å². The third-order valence-electron chi connectivity index (χ3n) is 1.80. The van der Waals surface area contributed by atoms with Crippen molar-refractivity contribution < 1.29 is 4.92 Å². The van der Waals surface area contributed by atoms with Crippen molar-refractivity contribution >= 4 is 6.08 Å². The van der Waals surface area contributed by atoms with Crippen LogP contribution in [0.3, 0.4) is 0 Å². The van der Waals surface area contributed by atoms with Gasteiger partial charge in [0.05, 0.1) is 4.92 Å². The molecular weight excluding hydrogens is 166 g/mol. The standard InChI is InChI=1S/C10H11NO2/c1-8-3-4-10(9(2)7-8)5-6-11(12)13/h3-7H,1-2H3. The van der Waals surface area contributed by atoms with E-state index >= 15 is 0 Å². The summed E-state index contributed by atoms with van der Waals surface area (Å²) >= 11 is 0. The molecule has 0 bridgehead atoms. The highest BCUT2D eigenvalue weighted by Gasteiger charge is 1.95. The molecule has 1 aromatic rings. The normalized spacial score (nSPS) is 10.6. The van der Waals surface area contributed by atoms with Gasteiger partial charge in [0.25, 0.3) is 0 Å². The molecule has 0 aliphatic heterocycles. The lowest BCUT2D eigenvalue weighted by atomic mass is 10.1. The Morgan fingerprint density at radius 2 is 2.08 bits per heavy atom. The van der Waals surface area contributed by atoms with E-state index < -0.39 is 4.92 Å². The largest absolute Gasteiger partial charge is 0.259 e. The first kappa shape index (κ1) is 9.45. The predicted molar refractivity (Wildman–Crippen MR) is 51.9 cm³/mol. The number of nitro groups is 1. The lowest BCUT2D eigenvalue weighted by molar-refractivity contribution is -0.400. The summed E-state index contributed by atoms with van der Waals surface area (Å²) in [5.41, 5.74) is 3.11. The SMILES string of the molecule is Cc1ccc(C=C[N+](=O)[O-])c(C)c1. The fourth-order valence-corrected chi connectivity index (χ4v) is 1.15. The highest BCUT2D eigenvalue weighted by atomic mass is 16.6. The summed E-state index contributed by atoms with van der Waals surface area (Å²) < 4.78 is 0. The molecule has 0 unspecified atom stereocenters. The van der Waals surface area contributed by atoms with Crippen molar-refractivity contribution in [3.63, 3.8) is 0 Å². The quantitative estimate of drug-likeness (QED) is 0.514. The van der Waals surface area contributed by atoms with E-state index in [0.29, 0.717) is 0 Å². The maximum Gasteiger partial charge on any atom is 0.235 e. The van der Waals surface area contributed by atoms with E-state index in [1.54, 1.807) is 0 Å². The minimum absolute atomic E-state index is 0.459. The molecule has 1 rings (SSSR count). The summed E-state index contributed by atoms with van der Waals surface area (Å²) in [7, 11) is 0. The molecule has 0 aliphatic carbocycles. The van der Waals surface area contributed by atoms with E-state index in [2.05, 4.69) is 0 Å². The molecule has 3 heteroatoms. The van der Waals surface area contributed by atoms with Crippen LogP contribution in [0.4, 0.5) is 0 Å². The summed E-state index contributed by atoms with van der Waals surface area (Å²) in [5.74, 6) is 0. The Hall–Kier alpha value is -1.64. The Morgan fingerprint density at radius 3 is 2.62 bits per heavy atom. The fraction of sp³-hybridized carbons (Fsp3) is 0.200. The van der Waals surface area contributed by atoms with Crippen LogP contribution in [0.2, 0.25) is 0 Å². The lowest BCUT2D eigenvalue weighted by Crippen LogP contribution is -1.85. The zero-order valence-corrected chi connectivity index (χ0v) is 7.65. The topological polar surface area (TPSA) is 43.1 Å². The van der Waals surface area contributed by atoms with Crippen molar-refractivity contribution in [3.8, 4) is 0 Å². The zero-order valence-electron chi connectivity index (χ0n) is 7.65. The van der Waals surface area contributed by atoms with Crippen molar-refractivity contribution in [2.75, 3.05) is 0 Å². The molecule has 0 atom stereocenters. The molecule has 0 aliphatic rings. The first-order valence-electron chi connectivity index (χ1n) is 3.98. The molecule has 68 valence electrons. The van der Waals surface area contributed by atoms with Gasteiger partial charge in [0.1, 0.15) is 0 Å². The van der Waals surface area contributed by atoms with Gasteiger partial charge in [-0.25, -0.2) is 0 Å². The van der Waals surface area contributed by atoms with Gasteiger partial charge in [0.2, 0.25) is 6.20 Å². The second-order valence-corrected chi connectivity index (χ2v) is 2.96. The molecule has 1 aromatic carbocycles. The average molecular weight is 177 g/mol. The van der Waals surface area contributed by atoms with E-state index in [4.69, 9.17) is 0 Å². The maximum atomic E-state index is 10.1. The summed E-state index contributed by atoms with van der Waals surface area (Å²) in [6, 6.07) is 5.82. The molecule has 0 aromatic heterocycles. The second kappa shape index (κ2) is 3.85. The minimum Gasteiger partial charge on any atom is -0.259 e. The van der Waals surface area contributed by atoms with Gasteiger partial charge in [-0.2, -0.15) is 0 Å². The Kier molecular flexibility index (Phi) is 2.80. The number of benzene rings is 1.